The van der Waals surface area contributed by atoms with Gasteiger partial charge < -0.3 is 16.4 Å². The number of rotatable bonds is 5. The number of pyridine rings is 1. The third-order valence-electron chi connectivity index (χ3n) is 2.17. The summed E-state index contributed by atoms with van der Waals surface area (Å²) in [6.45, 7) is 3.93. The number of nitrogen functional groups attached to an aromatic ring is 1. The van der Waals surface area contributed by atoms with Gasteiger partial charge in [-0.1, -0.05) is 13.8 Å². The van der Waals surface area contributed by atoms with Crippen LogP contribution in [0.4, 0.5) is 20.4 Å². The van der Waals surface area contributed by atoms with Crippen LogP contribution in [0.15, 0.2) is 6.07 Å². The zero-order valence-corrected chi connectivity index (χ0v) is 10.3. The van der Waals surface area contributed by atoms with Gasteiger partial charge in [0.05, 0.1) is 6.54 Å². The topological polar surface area (TPSA) is 85.2 Å². The number of hydrogen-bond donors (Lipinski definition) is 2. The summed E-state index contributed by atoms with van der Waals surface area (Å²) in [6.07, 6.45) is 0. The van der Waals surface area contributed by atoms with Crippen molar-refractivity contribution in [1.82, 2.24) is 4.98 Å². The molecule has 4 N–H and O–H groups in total. The third kappa shape index (κ3) is 3.54. The van der Waals surface area contributed by atoms with Crippen LogP contribution < -0.4 is 16.4 Å². The zero-order chi connectivity index (χ0) is 13.9. The standard InChI is InChI=1S/C11H16F2N4O/c1-6(2)4-17(5-9(14)18)11-8(13)3-7(12)10(15)16-11/h3,6H,4-5H2,1-2H3,(H2,14,18)(H2,15,16). The van der Waals surface area contributed by atoms with Gasteiger partial charge in [-0.15, -0.1) is 0 Å². The van der Waals surface area contributed by atoms with Crippen LogP contribution in [0, 0.1) is 17.6 Å². The minimum atomic E-state index is -0.931. The van der Waals surface area contributed by atoms with Gasteiger partial charge in [0, 0.05) is 12.6 Å². The fourth-order valence-electron chi connectivity index (χ4n) is 1.55. The molecule has 0 spiro atoms. The maximum absolute atomic E-state index is 13.6. The van der Waals surface area contributed by atoms with E-state index in [1.807, 2.05) is 13.8 Å². The van der Waals surface area contributed by atoms with E-state index in [1.54, 1.807) is 0 Å². The Kier molecular flexibility index (Phi) is 4.41. The van der Waals surface area contributed by atoms with Crippen LogP contribution in [-0.4, -0.2) is 24.0 Å². The van der Waals surface area contributed by atoms with E-state index in [1.165, 1.54) is 4.90 Å². The molecule has 0 aromatic carbocycles. The first kappa shape index (κ1) is 14.1. The van der Waals surface area contributed by atoms with Crippen LogP contribution in [0.5, 0.6) is 0 Å². The Balaban J connectivity index is 3.11. The molecule has 0 saturated heterocycles. The quantitative estimate of drug-likeness (QED) is 0.821. The molecule has 1 amide bonds. The van der Waals surface area contributed by atoms with Crippen LogP contribution >= 0.6 is 0 Å². The molecule has 1 aromatic heterocycles. The summed E-state index contributed by atoms with van der Waals surface area (Å²) in [6, 6.07) is 0.645. The molecule has 0 fully saturated rings. The molecule has 0 unspecified atom stereocenters. The summed E-state index contributed by atoms with van der Waals surface area (Å²) < 4.78 is 26.6. The van der Waals surface area contributed by atoms with Crippen molar-refractivity contribution in [1.29, 1.82) is 0 Å². The molecule has 0 aliphatic carbocycles. The van der Waals surface area contributed by atoms with Crippen molar-refractivity contribution in [2.45, 2.75) is 13.8 Å². The van der Waals surface area contributed by atoms with Crippen LogP contribution in [0.3, 0.4) is 0 Å². The number of carbonyl (C=O) groups is 1. The average Bonchev–Trinajstić information content (AvgIpc) is 2.21. The second kappa shape index (κ2) is 5.61. The molecule has 1 aromatic rings. The minimum Gasteiger partial charge on any atom is -0.381 e. The van der Waals surface area contributed by atoms with Gasteiger partial charge in [0.1, 0.15) is 0 Å². The molecular formula is C11H16F2N4O. The van der Waals surface area contributed by atoms with Crippen LogP contribution in [-0.2, 0) is 4.79 Å². The van der Waals surface area contributed by atoms with Gasteiger partial charge >= 0.3 is 0 Å². The van der Waals surface area contributed by atoms with Gasteiger partial charge in [0.2, 0.25) is 5.91 Å². The highest BCUT2D eigenvalue weighted by Gasteiger charge is 2.19. The minimum absolute atomic E-state index is 0.150. The second-order valence-electron chi connectivity index (χ2n) is 4.40. The summed E-state index contributed by atoms with van der Waals surface area (Å²) in [4.78, 5) is 15.9. The smallest absolute Gasteiger partial charge is 0.237 e. The van der Waals surface area contributed by atoms with Crippen molar-refractivity contribution in [2.75, 3.05) is 23.7 Å². The Bertz CT molecular complexity index is 451. The predicted octanol–water partition coefficient (Wildman–Crippen LogP) is 0.890. The summed E-state index contributed by atoms with van der Waals surface area (Å²) >= 11 is 0. The Labute approximate surface area is 104 Å². The highest BCUT2D eigenvalue weighted by atomic mass is 19.1. The fraction of sp³-hybridized carbons (Fsp3) is 0.455. The summed E-state index contributed by atoms with van der Waals surface area (Å²) in [7, 11) is 0. The van der Waals surface area contributed by atoms with Crippen LogP contribution in [0.1, 0.15) is 13.8 Å². The van der Waals surface area contributed by atoms with Gasteiger partial charge in [-0.3, -0.25) is 4.79 Å². The van der Waals surface area contributed by atoms with E-state index in [0.717, 1.165) is 0 Å². The number of primary amides is 1. The lowest BCUT2D eigenvalue weighted by Crippen LogP contribution is -2.37. The summed E-state index contributed by atoms with van der Waals surface area (Å²) in [5.41, 5.74) is 10.4. The number of aromatic nitrogens is 1. The SMILES string of the molecule is CC(C)CN(CC(N)=O)c1nc(N)c(F)cc1F. The van der Waals surface area contributed by atoms with Gasteiger partial charge in [0.15, 0.2) is 23.3 Å². The molecule has 0 bridgehead atoms. The Morgan fingerprint density at radius 3 is 2.56 bits per heavy atom. The summed E-state index contributed by atoms with van der Waals surface area (Å²) in [5, 5.41) is 0. The van der Waals surface area contributed by atoms with Crippen molar-refractivity contribution >= 4 is 17.5 Å². The van der Waals surface area contributed by atoms with Gasteiger partial charge in [-0.2, -0.15) is 0 Å². The number of hydrogen-bond acceptors (Lipinski definition) is 4. The molecule has 7 heteroatoms. The monoisotopic (exact) mass is 258 g/mol. The number of carbonyl (C=O) groups excluding carboxylic acids is 1. The van der Waals surface area contributed by atoms with E-state index in [0.29, 0.717) is 12.6 Å². The highest BCUT2D eigenvalue weighted by Crippen LogP contribution is 2.21. The number of anilines is 2. The molecule has 1 rings (SSSR count). The summed E-state index contributed by atoms with van der Waals surface area (Å²) in [5.74, 6) is -2.86. The van der Waals surface area contributed by atoms with Gasteiger partial charge in [-0.25, -0.2) is 13.8 Å². The normalized spacial score (nSPS) is 10.7. The molecule has 18 heavy (non-hydrogen) atoms. The largest absolute Gasteiger partial charge is 0.381 e. The van der Waals surface area contributed by atoms with Crippen LogP contribution in [0.2, 0.25) is 0 Å². The third-order valence-corrected chi connectivity index (χ3v) is 2.17. The molecule has 0 saturated carbocycles. The van der Waals surface area contributed by atoms with E-state index in [2.05, 4.69) is 4.98 Å². The first-order valence-electron chi connectivity index (χ1n) is 5.46. The fourth-order valence-corrected chi connectivity index (χ4v) is 1.55. The first-order valence-corrected chi connectivity index (χ1v) is 5.46. The number of nitrogens with zero attached hydrogens (tertiary/aromatic N) is 2. The van der Waals surface area contributed by atoms with Gasteiger partial charge in [0.25, 0.3) is 0 Å². The molecule has 0 radical (unpaired) electrons. The lowest BCUT2D eigenvalue weighted by molar-refractivity contribution is -0.116. The van der Waals surface area contributed by atoms with Crippen molar-refractivity contribution in [3.63, 3.8) is 0 Å². The van der Waals surface area contributed by atoms with E-state index >= 15 is 0 Å². The predicted molar refractivity (Wildman–Crippen MR) is 64.8 cm³/mol. The van der Waals surface area contributed by atoms with E-state index in [-0.39, 0.29) is 18.3 Å². The van der Waals surface area contributed by atoms with Crippen molar-refractivity contribution in [3.05, 3.63) is 17.7 Å². The van der Waals surface area contributed by atoms with E-state index < -0.39 is 23.4 Å². The maximum Gasteiger partial charge on any atom is 0.237 e. The molecule has 5 nitrogen and oxygen atoms in total. The van der Waals surface area contributed by atoms with Crippen molar-refractivity contribution in [3.8, 4) is 0 Å². The Morgan fingerprint density at radius 2 is 2.06 bits per heavy atom. The van der Waals surface area contributed by atoms with Crippen molar-refractivity contribution in [2.24, 2.45) is 11.7 Å². The number of amides is 1. The first-order chi connectivity index (χ1) is 8.31. The van der Waals surface area contributed by atoms with Gasteiger partial charge in [-0.05, 0) is 5.92 Å². The van der Waals surface area contributed by atoms with E-state index in [4.69, 9.17) is 11.5 Å². The van der Waals surface area contributed by atoms with Crippen molar-refractivity contribution < 1.29 is 13.6 Å². The highest BCUT2D eigenvalue weighted by molar-refractivity contribution is 5.79. The molecule has 100 valence electrons. The van der Waals surface area contributed by atoms with Crippen LogP contribution in [0.25, 0.3) is 0 Å². The van der Waals surface area contributed by atoms with E-state index in [9.17, 15) is 13.6 Å². The number of halogens is 2. The second-order valence-corrected chi connectivity index (χ2v) is 4.40. The number of nitrogens with two attached hydrogens (primary N) is 2. The molecule has 0 aliphatic heterocycles. The average molecular weight is 258 g/mol. The Morgan fingerprint density at radius 1 is 1.44 bits per heavy atom. The Hall–Kier alpha value is -1.92. The lowest BCUT2D eigenvalue weighted by Gasteiger charge is -2.24. The molecule has 0 aliphatic rings. The zero-order valence-electron chi connectivity index (χ0n) is 10.3. The molecular weight excluding hydrogens is 242 g/mol. The molecule has 0 atom stereocenters. The lowest BCUT2D eigenvalue weighted by atomic mass is 10.2. The molecule has 1 heterocycles. The maximum atomic E-state index is 13.6.